The first kappa shape index (κ1) is 20.6. The monoisotopic (exact) mass is 419 g/mol. The fourth-order valence-corrected chi connectivity index (χ4v) is 3.57. The van der Waals surface area contributed by atoms with Gasteiger partial charge in [-0.05, 0) is 38.5 Å². The summed E-state index contributed by atoms with van der Waals surface area (Å²) in [5.74, 6) is 1.55. The fraction of sp³-hybridized carbons (Fsp3) is 0.389. The van der Waals surface area contributed by atoms with Gasteiger partial charge in [0.15, 0.2) is 5.84 Å². The van der Waals surface area contributed by atoms with Crippen LogP contribution in [0.25, 0.3) is 0 Å². The molecule has 10 nitrogen and oxygen atoms in total. The van der Waals surface area contributed by atoms with E-state index in [0.29, 0.717) is 28.8 Å². The Balaban J connectivity index is 1.72. The predicted molar refractivity (Wildman–Crippen MR) is 114 cm³/mol. The topological polar surface area (TPSA) is 144 Å². The summed E-state index contributed by atoms with van der Waals surface area (Å²) < 4.78 is 35.2. The van der Waals surface area contributed by atoms with Crippen LogP contribution >= 0.6 is 0 Å². The Morgan fingerprint density at radius 3 is 2.83 bits per heavy atom. The maximum atomic E-state index is 11.7. The number of nitrogens with zero attached hydrogens (tertiary/aromatic N) is 3. The van der Waals surface area contributed by atoms with Gasteiger partial charge in [-0.1, -0.05) is 13.0 Å². The summed E-state index contributed by atoms with van der Waals surface area (Å²) in [5, 5.41) is 6.47. The molecule has 1 aliphatic rings. The number of hydrogen-bond donors (Lipinski definition) is 4. The van der Waals surface area contributed by atoms with Gasteiger partial charge in [0.2, 0.25) is 5.95 Å². The van der Waals surface area contributed by atoms with Crippen molar-refractivity contribution < 1.29 is 13.2 Å². The molecule has 0 saturated carbocycles. The van der Waals surface area contributed by atoms with Crippen molar-refractivity contribution in [2.45, 2.75) is 32.7 Å². The Labute approximate surface area is 170 Å². The molecule has 11 heteroatoms. The molecule has 0 unspecified atom stereocenters. The molecule has 5 N–H and O–H groups in total. The van der Waals surface area contributed by atoms with Gasteiger partial charge in [0.1, 0.15) is 18.2 Å². The number of rotatable bonds is 8. The molecule has 2 aromatic rings. The Morgan fingerprint density at radius 2 is 2.07 bits per heavy atom. The van der Waals surface area contributed by atoms with E-state index < -0.39 is 15.7 Å². The van der Waals surface area contributed by atoms with Crippen LogP contribution in [0.5, 0.6) is 5.75 Å². The van der Waals surface area contributed by atoms with Crippen LogP contribution in [0.15, 0.2) is 34.9 Å². The minimum atomic E-state index is -3.83. The molecular weight excluding hydrogens is 394 g/mol. The summed E-state index contributed by atoms with van der Waals surface area (Å²) in [6, 6.07) is 6.79. The average Bonchev–Trinajstić information content (AvgIpc) is 2.63. The van der Waals surface area contributed by atoms with E-state index in [-0.39, 0.29) is 12.4 Å². The molecular formula is C18H25N7O3S. The molecule has 0 bridgehead atoms. The van der Waals surface area contributed by atoms with Crippen LogP contribution in [-0.2, 0) is 10.2 Å². The van der Waals surface area contributed by atoms with Gasteiger partial charge in [0.05, 0.1) is 16.8 Å². The Morgan fingerprint density at radius 1 is 1.28 bits per heavy atom. The quantitative estimate of drug-likeness (QED) is 0.508. The SMILES string of the molecule is CCCNc1nccc(NC(C)(C)COc2cccc3c2C(N)=NS(=O)(=O)N3)n1. The highest BCUT2D eigenvalue weighted by molar-refractivity contribution is 7.91. The van der Waals surface area contributed by atoms with Crippen molar-refractivity contribution in [1.29, 1.82) is 0 Å². The summed E-state index contributed by atoms with van der Waals surface area (Å²) in [6.07, 6.45) is 2.66. The zero-order chi connectivity index (χ0) is 21.1. The third kappa shape index (κ3) is 5.25. The van der Waals surface area contributed by atoms with Crippen molar-refractivity contribution >= 4 is 33.5 Å². The summed E-state index contributed by atoms with van der Waals surface area (Å²) >= 11 is 0. The van der Waals surface area contributed by atoms with Crippen LogP contribution in [0.2, 0.25) is 0 Å². The Kier molecular flexibility index (Phi) is 5.78. The van der Waals surface area contributed by atoms with Crippen LogP contribution in [0.1, 0.15) is 32.8 Å². The number of ether oxygens (including phenoxy) is 1. The van der Waals surface area contributed by atoms with Crippen molar-refractivity contribution in [2.75, 3.05) is 28.5 Å². The van der Waals surface area contributed by atoms with E-state index in [4.69, 9.17) is 10.5 Å². The van der Waals surface area contributed by atoms with E-state index in [1.165, 1.54) is 0 Å². The Hall–Kier alpha value is -3.08. The molecule has 0 atom stereocenters. The smallest absolute Gasteiger partial charge is 0.344 e. The van der Waals surface area contributed by atoms with Crippen molar-refractivity contribution in [3.8, 4) is 5.75 Å². The summed E-state index contributed by atoms with van der Waals surface area (Å²) in [4.78, 5) is 8.64. The molecule has 0 saturated heterocycles. The molecule has 0 fully saturated rings. The van der Waals surface area contributed by atoms with Crippen LogP contribution in [0, 0.1) is 0 Å². The van der Waals surface area contributed by atoms with Crippen molar-refractivity contribution in [3.63, 3.8) is 0 Å². The van der Waals surface area contributed by atoms with Crippen LogP contribution in [0.4, 0.5) is 17.5 Å². The van der Waals surface area contributed by atoms with Gasteiger partial charge in [-0.3, -0.25) is 4.72 Å². The third-order valence-corrected chi connectivity index (χ3v) is 4.90. The normalized spacial score (nSPS) is 14.9. The first-order chi connectivity index (χ1) is 13.7. The number of benzene rings is 1. The van der Waals surface area contributed by atoms with Gasteiger partial charge in [0, 0.05) is 12.7 Å². The van der Waals surface area contributed by atoms with Gasteiger partial charge < -0.3 is 21.1 Å². The number of anilines is 3. The van der Waals surface area contributed by atoms with Gasteiger partial charge in [-0.15, -0.1) is 4.40 Å². The maximum Gasteiger partial charge on any atom is 0.344 e. The van der Waals surface area contributed by atoms with Crippen LogP contribution in [0.3, 0.4) is 0 Å². The number of hydrogen-bond acceptors (Lipinski definition) is 8. The molecule has 0 radical (unpaired) electrons. The highest BCUT2D eigenvalue weighted by atomic mass is 32.2. The molecule has 2 heterocycles. The van der Waals surface area contributed by atoms with E-state index in [2.05, 4.69) is 36.6 Å². The van der Waals surface area contributed by atoms with Gasteiger partial charge in [-0.2, -0.15) is 13.4 Å². The van der Waals surface area contributed by atoms with Crippen LogP contribution < -0.4 is 25.8 Å². The van der Waals surface area contributed by atoms with Crippen molar-refractivity contribution in [2.24, 2.45) is 10.1 Å². The minimum absolute atomic E-state index is 0.109. The zero-order valence-electron chi connectivity index (χ0n) is 16.6. The summed E-state index contributed by atoms with van der Waals surface area (Å²) in [6.45, 7) is 7.06. The lowest BCUT2D eigenvalue weighted by Crippen LogP contribution is -2.38. The highest BCUT2D eigenvalue weighted by Gasteiger charge is 2.26. The van der Waals surface area contributed by atoms with E-state index in [1.807, 2.05) is 13.8 Å². The van der Waals surface area contributed by atoms with Gasteiger partial charge in [0.25, 0.3) is 0 Å². The minimum Gasteiger partial charge on any atom is -0.490 e. The molecule has 0 amide bonds. The standard InChI is InChI=1S/C18H25N7O3S/c1-4-9-20-17-21-10-8-14(22-17)23-18(2,3)11-28-13-7-5-6-12-15(13)16(19)25-29(26,27)24-12/h5-8,10,24H,4,9,11H2,1-3H3,(H2,19,25)(H2,20,21,22,23). The molecule has 1 aliphatic heterocycles. The van der Waals surface area contributed by atoms with E-state index in [0.717, 1.165) is 13.0 Å². The van der Waals surface area contributed by atoms with E-state index in [1.54, 1.807) is 30.5 Å². The second-order valence-corrected chi connectivity index (χ2v) is 8.56. The first-order valence-electron chi connectivity index (χ1n) is 9.18. The molecule has 0 aliphatic carbocycles. The predicted octanol–water partition coefficient (Wildman–Crippen LogP) is 1.94. The molecule has 1 aromatic heterocycles. The number of fused-ring (bicyclic) bond motifs is 1. The second-order valence-electron chi connectivity index (χ2n) is 7.22. The largest absolute Gasteiger partial charge is 0.490 e. The van der Waals surface area contributed by atoms with E-state index >= 15 is 0 Å². The average molecular weight is 420 g/mol. The molecule has 29 heavy (non-hydrogen) atoms. The molecule has 3 rings (SSSR count). The van der Waals surface area contributed by atoms with Gasteiger partial charge in [-0.25, -0.2) is 4.98 Å². The molecule has 0 spiro atoms. The number of nitrogens with one attached hydrogen (secondary N) is 3. The maximum absolute atomic E-state index is 11.7. The highest BCUT2D eigenvalue weighted by Crippen LogP contribution is 2.31. The second kappa shape index (κ2) is 8.11. The lowest BCUT2D eigenvalue weighted by atomic mass is 10.1. The molecule has 1 aromatic carbocycles. The van der Waals surface area contributed by atoms with Gasteiger partial charge >= 0.3 is 10.2 Å². The van der Waals surface area contributed by atoms with Crippen molar-refractivity contribution in [3.05, 3.63) is 36.0 Å². The lowest BCUT2D eigenvalue weighted by molar-refractivity contribution is 0.256. The third-order valence-electron chi connectivity index (χ3n) is 3.98. The zero-order valence-corrected chi connectivity index (χ0v) is 17.4. The van der Waals surface area contributed by atoms with Crippen molar-refractivity contribution in [1.82, 2.24) is 9.97 Å². The fourth-order valence-electron chi connectivity index (χ4n) is 2.73. The van der Waals surface area contributed by atoms with Crippen LogP contribution in [-0.4, -0.2) is 42.9 Å². The van der Waals surface area contributed by atoms with E-state index in [9.17, 15) is 8.42 Å². The number of nitrogens with two attached hydrogens (primary N) is 1. The number of aromatic nitrogens is 2. The lowest BCUT2D eigenvalue weighted by Gasteiger charge is -2.28. The summed E-state index contributed by atoms with van der Waals surface area (Å²) in [5.41, 5.74) is 6.13. The Bertz CT molecular complexity index is 1020. The number of amidine groups is 1. The first-order valence-corrected chi connectivity index (χ1v) is 10.6. The molecule has 156 valence electrons. The summed E-state index contributed by atoms with van der Waals surface area (Å²) in [7, 11) is -3.83.